The van der Waals surface area contributed by atoms with Crippen LogP contribution in [0.25, 0.3) is 73.0 Å². The van der Waals surface area contributed by atoms with E-state index in [1.54, 1.807) is 0 Å². The maximum atomic E-state index is 11.9. The standard InChI is InChI=1S/C48H43N5O/c1-47(2,3)39-30-41(48(4,5)6)51-43(44(39)54)46-52-42-38(25-27-50-45(42)53(46)37-18-11-8-12-19-37)35-16-13-17-36(28-35)40-29-34(24-26-49-40)33-22-20-32(21-23-33)31-14-9-7-10-15-31/h7-30,54H,1-6H3. The normalized spacial score (nSPS) is 12.0. The van der Waals surface area contributed by atoms with Crippen LogP contribution in [-0.2, 0) is 10.8 Å². The first-order valence-electron chi connectivity index (χ1n) is 18.4. The van der Waals surface area contributed by atoms with Crippen molar-refractivity contribution in [2.24, 2.45) is 0 Å². The molecule has 0 aliphatic heterocycles. The van der Waals surface area contributed by atoms with Crippen LogP contribution in [0.15, 0.2) is 146 Å². The zero-order valence-corrected chi connectivity index (χ0v) is 31.5. The van der Waals surface area contributed by atoms with E-state index >= 15 is 0 Å². The van der Waals surface area contributed by atoms with Gasteiger partial charge >= 0.3 is 0 Å². The van der Waals surface area contributed by atoms with Gasteiger partial charge in [-0.05, 0) is 75.7 Å². The fourth-order valence-corrected chi connectivity index (χ4v) is 6.94. The van der Waals surface area contributed by atoms with Crippen molar-refractivity contribution in [3.63, 3.8) is 0 Å². The highest BCUT2D eigenvalue weighted by Gasteiger charge is 2.30. The second kappa shape index (κ2) is 13.5. The molecule has 0 spiro atoms. The fraction of sp³-hybridized carbons (Fsp3) is 0.167. The van der Waals surface area contributed by atoms with Crippen LogP contribution in [0.3, 0.4) is 0 Å². The maximum absolute atomic E-state index is 11.9. The molecule has 0 radical (unpaired) electrons. The van der Waals surface area contributed by atoms with Crippen LogP contribution in [0.2, 0.25) is 0 Å². The summed E-state index contributed by atoms with van der Waals surface area (Å²) >= 11 is 0. The molecule has 4 aromatic carbocycles. The minimum Gasteiger partial charge on any atom is -0.505 e. The Labute approximate surface area is 316 Å². The molecule has 266 valence electrons. The van der Waals surface area contributed by atoms with Crippen molar-refractivity contribution in [3.05, 3.63) is 157 Å². The van der Waals surface area contributed by atoms with Gasteiger partial charge in [-0.15, -0.1) is 0 Å². The third-order valence-electron chi connectivity index (χ3n) is 9.90. The molecule has 0 atom stereocenters. The second-order valence-electron chi connectivity index (χ2n) is 15.8. The molecule has 1 N–H and O–H groups in total. The largest absolute Gasteiger partial charge is 0.505 e. The maximum Gasteiger partial charge on any atom is 0.169 e. The van der Waals surface area contributed by atoms with Gasteiger partial charge in [-0.25, -0.2) is 15.0 Å². The van der Waals surface area contributed by atoms with Crippen LogP contribution in [-0.4, -0.2) is 29.6 Å². The van der Waals surface area contributed by atoms with E-state index in [4.69, 9.17) is 19.9 Å². The first-order chi connectivity index (χ1) is 26.0. The topological polar surface area (TPSA) is 76.7 Å². The zero-order chi connectivity index (χ0) is 37.6. The van der Waals surface area contributed by atoms with Gasteiger partial charge in [0.25, 0.3) is 0 Å². The third kappa shape index (κ3) is 6.56. The summed E-state index contributed by atoms with van der Waals surface area (Å²) in [6.07, 6.45) is 3.70. The molecule has 6 nitrogen and oxygen atoms in total. The average molecular weight is 706 g/mol. The summed E-state index contributed by atoms with van der Waals surface area (Å²) in [6.45, 7) is 12.7. The highest BCUT2D eigenvalue weighted by molar-refractivity contribution is 5.94. The second-order valence-corrected chi connectivity index (χ2v) is 15.8. The number of fused-ring (bicyclic) bond motifs is 1. The van der Waals surface area contributed by atoms with Gasteiger partial charge < -0.3 is 5.11 Å². The number of nitrogens with zero attached hydrogens (tertiary/aromatic N) is 5. The average Bonchev–Trinajstić information content (AvgIpc) is 3.57. The molecule has 0 bridgehead atoms. The van der Waals surface area contributed by atoms with Gasteiger partial charge in [-0.2, -0.15) is 0 Å². The lowest BCUT2D eigenvalue weighted by molar-refractivity contribution is 0.441. The van der Waals surface area contributed by atoms with Crippen LogP contribution in [0.1, 0.15) is 52.8 Å². The number of rotatable bonds is 6. The monoisotopic (exact) mass is 705 g/mol. The summed E-state index contributed by atoms with van der Waals surface area (Å²) in [5, 5.41) is 11.9. The summed E-state index contributed by atoms with van der Waals surface area (Å²) < 4.78 is 2.01. The lowest BCUT2D eigenvalue weighted by Gasteiger charge is -2.26. The van der Waals surface area contributed by atoms with E-state index in [1.807, 2.05) is 65.5 Å². The van der Waals surface area contributed by atoms with Crippen molar-refractivity contribution in [2.75, 3.05) is 0 Å². The van der Waals surface area contributed by atoms with E-state index < -0.39 is 0 Å². The van der Waals surface area contributed by atoms with Gasteiger partial charge in [-0.1, -0.05) is 133 Å². The number of hydrogen-bond acceptors (Lipinski definition) is 5. The molecule has 0 fully saturated rings. The van der Waals surface area contributed by atoms with E-state index in [0.29, 0.717) is 22.7 Å². The smallest absolute Gasteiger partial charge is 0.169 e. The van der Waals surface area contributed by atoms with Crippen molar-refractivity contribution >= 4 is 11.2 Å². The van der Waals surface area contributed by atoms with E-state index in [2.05, 4.69) is 126 Å². The quantitative estimate of drug-likeness (QED) is 0.186. The van der Waals surface area contributed by atoms with Crippen LogP contribution < -0.4 is 0 Å². The van der Waals surface area contributed by atoms with E-state index in [1.165, 1.54) is 11.1 Å². The summed E-state index contributed by atoms with van der Waals surface area (Å²) in [7, 11) is 0. The minimum absolute atomic E-state index is 0.132. The molecule has 0 saturated carbocycles. The molecule has 6 heteroatoms. The number of para-hydroxylation sites is 1. The first kappa shape index (κ1) is 34.7. The van der Waals surface area contributed by atoms with E-state index in [0.717, 1.165) is 50.5 Å². The Hall–Kier alpha value is -6.40. The van der Waals surface area contributed by atoms with Gasteiger partial charge in [-0.3, -0.25) is 9.55 Å². The minimum atomic E-state index is -0.327. The SMILES string of the molecule is CC(C)(C)c1cc(C(C)(C)C)c(O)c(-c2nc3c(-c4cccc(-c5cc(-c6ccc(-c7ccccc7)cc6)ccn5)c4)ccnc3n2-c2ccccc2)n1. The summed E-state index contributed by atoms with van der Waals surface area (Å²) in [6, 6.07) is 45.8. The molecular weight excluding hydrogens is 663 g/mol. The molecule has 0 aliphatic rings. The summed E-state index contributed by atoms with van der Waals surface area (Å²) in [5.41, 5.74) is 12.2. The molecule has 0 saturated heterocycles. The number of benzene rings is 4. The van der Waals surface area contributed by atoms with Crippen LogP contribution in [0, 0.1) is 0 Å². The van der Waals surface area contributed by atoms with Gasteiger partial charge in [0, 0.05) is 45.9 Å². The van der Waals surface area contributed by atoms with Crippen molar-refractivity contribution in [1.29, 1.82) is 0 Å². The number of hydrogen-bond donors (Lipinski definition) is 1. The summed E-state index contributed by atoms with van der Waals surface area (Å²) in [5.74, 6) is 0.668. The molecule has 0 aliphatic carbocycles. The van der Waals surface area contributed by atoms with Gasteiger partial charge in [0.2, 0.25) is 0 Å². The number of imidazole rings is 1. The van der Waals surface area contributed by atoms with Crippen LogP contribution in [0.5, 0.6) is 5.75 Å². The summed E-state index contributed by atoms with van der Waals surface area (Å²) in [4.78, 5) is 20.1. The molecule has 8 aromatic rings. The van der Waals surface area contributed by atoms with Crippen molar-refractivity contribution < 1.29 is 5.11 Å². The predicted octanol–water partition coefficient (Wildman–Crippen LogP) is 11.8. The molecule has 4 aromatic heterocycles. The van der Waals surface area contributed by atoms with Gasteiger partial charge in [0.1, 0.15) is 17.0 Å². The number of pyridine rings is 3. The van der Waals surface area contributed by atoms with Crippen molar-refractivity contribution in [2.45, 2.75) is 52.4 Å². The number of aromatic nitrogens is 5. The van der Waals surface area contributed by atoms with E-state index in [-0.39, 0.29) is 16.6 Å². The Morgan fingerprint density at radius 3 is 1.81 bits per heavy atom. The van der Waals surface area contributed by atoms with Gasteiger partial charge in [0.05, 0.1) is 5.69 Å². The Bertz CT molecular complexity index is 2610. The highest BCUT2D eigenvalue weighted by atomic mass is 16.3. The Morgan fingerprint density at radius 2 is 1.13 bits per heavy atom. The van der Waals surface area contributed by atoms with Crippen molar-refractivity contribution in [1.82, 2.24) is 24.5 Å². The van der Waals surface area contributed by atoms with Crippen molar-refractivity contribution in [3.8, 4) is 67.6 Å². The van der Waals surface area contributed by atoms with Crippen LogP contribution in [0.4, 0.5) is 0 Å². The number of aromatic hydroxyl groups is 1. The first-order valence-corrected chi connectivity index (χ1v) is 18.4. The molecular formula is C48H43N5O. The Kier molecular flexibility index (Phi) is 8.69. The zero-order valence-electron chi connectivity index (χ0n) is 31.5. The molecule has 0 unspecified atom stereocenters. The fourth-order valence-electron chi connectivity index (χ4n) is 6.94. The Morgan fingerprint density at radius 1 is 0.519 bits per heavy atom. The van der Waals surface area contributed by atoms with E-state index in [9.17, 15) is 5.11 Å². The highest BCUT2D eigenvalue weighted by Crippen LogP contribution is 2.42. The lowest BCUT2D eigenvalue weighted by atomic mass is 9.82. The molecule has 4 heterocycles. The predicted molar refractivity (Wildman–Crippen MR) is 221 cm³/mol. The molecule has 54 heavy (non-hydrogen) atoms. The Balaban J connectivity index is 1.25. The van der Waals surface area contributed by atoms with Crippen LogP contribution >= 0.6 is 0 Å². The lowest BCUT2D eigenvalue weighted by Crippen LogP contribution is -2.19. The molecule has 0 amide bonds. The third-order valence-corrected chi connectivity index (χ3v) is 9.90. The molecule has 8 rings (SSSR count). The van der Waals surface area contributed by atoms with Gasteiger partial charge in [0.15, 0.2) is 11.5 Å².